The first-order valence-corrected chi connectivity index (χ1v) is 7.37. The second-order valence-corrected chi connectivity index (χ2v) is 5.13. The van der Waals surface area contributed by atoms with Gasteiger partial charge in [-0.05, 0) is 36.4 Å². The normalized spacial score (nSPS) is 10.2. The van der Waals surface area contributed by atoms with Crippen LogP contribution in [0.5, 0.6) is 11.5 Å². The third kappa shape index (κ3) is 3.35. The number of aromatic hydroxyl groups is 1. The quantitative estimate of drug-likeness (QED) is 0.768. The monoisotopic (exact) mass is 320 g/mol. The van der Waals surface area contributed by atoms with Gasteiger partial charge >= 0.3 is 0 Å². The van der Waals surface area contributed by atoms with E-state index >= 15 is 0 Å². The molecule has 0 aliphatic heterocycles. The molecule has 0 atom stereocenters. The summed E-state index contributed by atoms with van der Waals surface area (Å²) in [6.45, 7) is 0. The molecule has 1 heterocycles. The zero-order chi connectivity index (χ0) is 16.9. The predicted octanol–water partition coefficient (Wildman–Crippen LogP) is 3.72. The van der Waals surface area contributed by atoms with Crippen LogP contribution in [0.3, 0.4) is 0 Å². The zero-order valence-corrected chi connectivity index (χ0v) is 13.1. The van der Waals surface area contributed by atoms with Crippen LogP contribution in [-0.4, -0.2) is 23.1 Å². The molecule has 120 valence electrons. The fourth-order valence-electron chi connectivity index (χ4n) is 2.29. The largest absolute Gasteiger partial charge is 0.507 e. The SMILES string of the molecule is COc1ccc(C(=O)Nc2ccc(-c3ccccn3)cc2)c(O)c1. The van der Waals surface area contributed by atoms with Crippen molar-refractivity contribution in [2.75, 3.05) is 12.4 Å². The number of ether oxygens (including phenoxy) is 1. The molecule has 0 saturated heterocycles. The van der Waals surface area contributed by atoms with Crippen molar-refractivity contribution in [2.45, 2.75) is 0 Å². The van der Waals surface area contributed by atoms with E-state index in [1.54, 1.807) is 24.4 Å². The number of phenols is 1. The van der Waals surface area contributed by atoms with Crippen molar-refractivity contribution in [3.05, 3.63) is 72.4 Å². The van der Waals surface area contributed by atoms with Crippen molar-refractivity contribution < 1.29 is 14.6 Å². The number of benzene rings is 2. The van der Waals surface area contributed by atoms with Crippen molar-refractivity contribution in [3.63, 3.8) is 0 Å². The van der Waals surface area contributed by atoms with Crippen LogP contribution >= 0.6 is 0 Å². The number of nitrogens with zero attached hydrogens (tertiary/aromatic N) is 1. The lowest BCUT2D eigenvalue weighted by Gasteiger charge is -2.09. The molecular formula is C19H16N2O3. The highest BCUT2D eigenvalue weighted by molar-refractivity contribution is 6.06. The van der Waals surface area contributed by atoms with Crippen LogP contribution in [-0.2, 0) is 0 Å². The fourth-order valence-corrected chi connectivity index (χ4v) is 2.29. The van der Waals surface area contributed by atoms with Gasteiger partial charge in [-0.3, -0.25) is 9.78 Å². The van der Waals surface area contributed by atoms with Crippen molar-refractivity contribution in [2.24, 2.45) is 0 Å². The van der Waals surface area contributed by atoms with Gasteiger partial charge in [-0.1, -0.05) is 18.2 Å². The Kier molecular flexibility index (Phi) is 4.43. The van der Waals surface area contributed by atoms with Gasteiger partial charge in [-0.25, -0.2) is 0 Å². The average molecular weight is 320 g/mol. The molecule has 0 aliphatic rings. The molecule has 0 unspecified atom stereocenters. The summed E-state index contributed by atoms with van der Waals surface area (Å²) in [5.74, 6) is -0.0264. The van der Waals surface area contributed by atoms with E-state index in [1.807, 2.05) is 30.3 Å². The van der Waals surface area contributed by atoms with E-state index < -0.39 is 0 Å². The minimum Gasteiger partial charge on any atom is -0.507 e. The van der Waals surface area contributed by atoms with Gasteiger partial charge in [-0.2, -0.15) is 0 Å². The minimum atomic E-state index is -0.388. The van der Waals surface area contributed by atoms with Gasteiger partial charge in [0.1, 0.15) is 11.5 Å². The van der Waals surface area contributed by atoms with Gasteiger partial charge in [-0.15, -0.1) is 0 Å². The number of hydrogen-bond donors (Lipinski definition) is 2. The number of anilines is 1. The number of amides is 1. The van der Waals surface area contributed by atoms with Gasteiger partial charge in [0, 0.05) is 23.5 Å². The van der Waals surface area contributed by atoms with Gasteiger partial charge < -0.3 is 15.2 Å². The number of carbonyl (C=O) groups excluding carboxylic acids is 1. The number of rotatable bonds is 4. The maximum Gasteiger partial charge on any atom is 0.259 e. The van der Waals surface area contributed by atoms with Gasteiger partial charge in [0.25, 0.3) is 5.91 Å². The Morgan fingerprint density at radius 3 is 2.50 bits per heavy atom. The van der Waals surface area contributed by atoms with E-state index in [0.717, 1.165) is 11.3 Å². The molecule has 1 aromatic heterocycles. The third-order valence-corrected chi connectivity index (χ3v) is 3.55. The highest BCUT2D eigenvalue weighted by atomic mass is 16.5. The van der Waals surface area contributed by atoms with Crippen LogP contribution in [0.25, 0.3) is 11.3 Å². The number of pyridine rings is 1. The summed E-state index contributed by atoms with van der Waals surface area (Å²) in [7, 11) is 1.50. The lowest BCUT2D eigenvalue weighted by atomic mass is 10.1. The molecule has 0 bridgehead atoms. The summed E-state index contributed by atoms with van der Waals surface area (Å²) in [6, 6.07) is 17.6. The van der Waals surface area contributed by atoms with Crippen LogP contribution in [0.15, 0.2) is 66.9 Å². The lowest BCUT2D eigenvalue weighted by molar-refractivity contribution is 0.102. The molecule has 24 heavy (non-hydrogen) atoms. The Labute approximate surface area is 139 Å². The molecule has 2 N–H and O–H groups in total. The van der Waals surface area contributed by atoms with Gasteiger partial charge in [0.2, 0.25) is 0 Å². The summed E-state index contributed by atoms with van der Waals surface area (Å²) in [4.78, 5) is 16.5. The van der Waals surface area contributed by atoms with E-state index in [9.17, 15) is 9.90 Å². The molecule has 3 rings (SSSR count). The zero-order valence-electron chi connectivity index (χ0n) is 13.1. The van der Waals surface area contributed by atoms with E-state index in [0.29, 0.717) is 11.4 Å². The molecule has 5 nitrogen and oxygen atoms in total. The summed E-state index contributed by atoms with van der Waals surface area (Å²) in [5.41, 5.74) is 2.64. The van der Waals surface area contributed by atoms with Crippen LogP contribution in [0.2, 0.25) is 0 Å². The predicted molar refractivity (Wildman–Crippen MR) is 92.3 cm³/mol. The molecule has 3 aromatic rings. The summed E-state index contributed by atoms with van der Waals surface area (Å²) < 4.78 is 5.01. The second kappa shape index (κ2) is 6.83. The smallest absolute Gasteiger partial charge is 0.259 e. The lowest BCUT2D eigenvalue weighted by Crippen LogP contribution is -2.12. The van der Waals surface area contributed by atoms with E-state index in [2.05, 4.69) is 10.3 Å². The first-order valence-electron chi connectivity index (χ1n) is 7.37. The van der Waals surface area contributed by atoms with Crippen LogP contribution in [0, 0.1) is 0 Å². The maximum atomic E-state index is 12.3. The van der Waals surface area contributed by atoms with Crippen LogP contribution in [0.4, 0.5) is 5.69 Å². The average Bonchev–Trinajstić information content (AvgIpc) is 2.63. The Hall–Kier alpha value is -3.34. The van der Waals surface area contributed by atoms with Crippen molar-refractivity contribution in [1.29, 1.82) is 0 Å². The summed E-state index contributed by atoms with van der Waals surface area (Å²) in [6.07, 6.45) is 1.73. The number of hydrogen-bond acceptors (Lipinski definition) is 4. The number of carbonyl (C=O) groups is 1. The molecular weight excluding hydrogens is 304 g/mol. The highest BCUT2D eigenvalue weighted by Crippen LogP contribution is 2.25. The summed E-state index contributed by atoms with van der Waals surface area (Å²) >= 11 is 0. The molecule has 0 radical (unpaired) electrons. The number of methoxy groups -OCH3 is 1. The first kappa shape index (κ1) is 15.6. The standard InChI is InChI=1S/C19H16N2O3/c1-24-15-9-10-16(18(22)12-15)19(23)21-14-7-5-13(6-8-14)17-4-2-3-11-20-17/h2-12,22H,1H3,(H,21,23). The number of nitrogens with one attached hydrogen (secondary N) is 1. The van der Waals surface area contributed by atoms with Crippen molar-refractivity contribution in [1.82, 2.24) is 4.98 Å². The number of aromatic nitrogens is 1. The third-order valence-electron chi connectivity index (χ3n) is 3.55. The molecule has 1 amide bonds. The number of phenolic OH excluding ortho intramolecular Hbond substituents is 1. The minimum absolute atomic E-state index is 0.128. The summed E-state index contributed by atoms with van der Waals surface area (Å²) in [5, 5.41) is 12.7. The van der Waals surface area contributed by atoms with Crippen molar-refractivity contribution >= 4 is 11.6 Å². The molecule has 0 spiro atoms. The molecule has 2 aromatic carbocycles. The van der Waals surface area contributed by atoms with Crippen molar-refractivity contribution in [3.8, 4) is 22.8 Å². The van der Waals surface area contributed by atoms with Crippen LogP contribution in [0.1, 0.15) is 10.4 Å². The van der Waals surface area contributed by atoms with E-state index in [4.69, 9.17) is 4.74 Å². The second-order valence-electron chi connectivity index (χ2n) is 5.13. The van der Waals surface area contributed by atoms with Gasteiger partial charge in [0.05, 0.1) is 18.4 Å². The Morgan fingerprint density at radius 2 is 1.88 bits per heavy atom. The van der Waals surface area contributed by atoms with Crippen LogP contribution < -0.4 is 10.1 Å². The van der Waals surface area contributed by atoms with E-state index in [1.165, 1.54) is 19.2 Å². The fraction of sp³-hybridized carbons (Fsp3) is 0.0526. The Morgan fingerprint density at radius 1 is 1.08 bits per heavy atom. The maximum absolute atomic E-state index is 12.3. The molecule has 0 fully saturated rings. The van der Waals surface area contributed by atoms with E-state index in [-0.39, 0.29) is 17.2 Å². The molecule has 0 saturated carbocycles. The highest BCUT2D eigenvalue weighted by Gasteiger charge is 2.12. The Bertz CT molecular complexity index is 846. The molecule has 5 heteroatoms. The van der Waals surface area contributed by atoms with Gasteiger partial charge in [0.15, 0.2) is 0 Å². The Balaban J connectivity index is 1.75. The molecule has 0 aliphatic carbocycles. The topological polar surface area (TPSA) is 71.5 Å². The first-order chi connectivity index (χ1) is 11.7.